The molecule has 0 saturated heterocycles. The van der Waals surface area contributed by atoms with Crippen molar-refractivity contribution in [1.82, 2.24) is 10.2 Å². The molecule has 5 nitrogen and oxygen atoms in total. The van der Waals surface area contributed by atoms with E-state index in [2.05, 4.69) is 19.2 Å². The monoisotopic (exact) mass is 270 g/mol. The first-order valence-electron chi connectivity index (χ1n) is 7.24. The van der Waals surface area contributed by atoms with Gasteiger partial charge in [0, 0.05) is 19.1 Å². The van der Waals surface area contributed by atoms with Crippen LogP contribution in [0.5, 0.6) is 0 Å². The van der Waals surface area contributed by atoms with Gasteiger partial charge in [0.25, 0.3) is 0 Å². The third kappa shape index (κ3) is 4.73. The van der Waals surface area contributed by atoms with E-state index in [-0.39, 0.29) is 12.1 Å². The van der Waals surface area contributed by atoms with Crippen LogP contribution in [0, 0.1) is 11.8 Å². The molecule has 2 N–H and O–H groups in total. The van der Waals surface area contributed by atoms with E-state index < -0.39 is 11.9 Å². The molecule has 0 aromatic carbocycles. The van der Waals surface area contributed by atoms with Gasteiger partial charge in [0.15, 0.2) is 0 Å². The smallest absolute Gasteiger partial charge is 0.317 e. The van der Waals surface area contributed by atoms with Crippen molar-refractivity contribution in [2.75, 3.05) is 13.1 Å². The standard InChI is InChI=1S/C14H26N2O3/c1-4-16(9-10(2)3)14(19)15-12-8-6-5-7-11(12)13(17)18/h10-12H,4-9H2,1-3H3,(H,15,19)(H,17,18). The summed E-state index contributed by atoms with van der Waals surface area (Å²) in [6, 6.07) is -0.352. The molecule has 2 unspecified atom stereocenters. The van der Waals surface area contributed by atoms with Gasteiger partial charge in [-0.05, 0) is 25.7 Å². The van der Waals surface area contributed by atoms with Gasteiger partial charge in [0.2, 0.25) is 0 Å². The lowest BCUT2D eigenvalue weighted by molar-refractivity contribution is -0.143. The van der Waals surface area contributed by atoms with E-state index in [9.17, 15) is 14.7 Å². The van der Waals surface area contributed by atoms with Gasteiger partial charge in [-0.25, -0.2) is 4.79 Å². The minimum Gasteiger partial charge on any atom is -0.481 e. The first kappa shape index (κ1) is 15.8. The number of nitrogens with zero attached hydrogens (tertiary/aromatic N) is 1. The van der Waals surface area contributed by atoms with Gasteiger partial charge in [-0.1, -0.05) is 26.7 Å². The second kappa shape index (κ2) is 7.36. The topological polar surface area (TPSA) is 69.6 Å². The second-order valence-electron chi connectivity index (χ2n) is 5.72. The molecule has 1 aliphatic carbocycles. The lowest BCUT2D eigenvalue weighted by atomic mass is 9.84. The maximum absolute atomic E-state index is 12.2. The van der Waals surface area contributed by atoms with Crippen LogP contribution in [0.4, 0.5) is 4.79 Å². The number of amides is 2. The van der Waals surface area contributed by atoms with E-state index >= 15 is 0 Å². The summed E-state index contributed by atoms with van der Waals surface area (Å²) in [6.45, 7) is 7.42. The Morgan fingerprint density at radius 2 is 1.95 bits per heavy atom. The highest BCUT2D eigenvalue weighted by Gasteiger charge is 2.32. The molecule has 1 rings (SSSR count). The van der Waals surface area contributed by atoms with Gasteiger partial charge in [-0.3, -0.25) is 4.79 Å². The number of carboxylic acids is 1. The van der Waals surface area contributed by atoms with Crippen LogP contribution in [-0.2, 0) is 4.79 Å². The van der Waals surface area contributed by atoms with Crippen molar-refractivity contribution >= 4 is 12.0 Å². The van der Waals surface area contributed by atoms with Gasteiger partial charge in [0.05, 0.1) is 5.92 Å². The second-order valence-corrected chi connectivity index (χ2v) is 5.72. The number of rotatable bonds is 5. The highest BCUT2D eigenvalue weighted by atomic mass is 16.4. The summed E-state index contributed by atoms with van der Waals surface area (Å²) in [5.41, 5.74) is 0. The molecule has 19 heavy (non-hydrogen) atoms. The van der Waals surface area contributed by atoms with Crippen LogP contribution < -0.4 is 5.32 Å². The number of urea groups is 1. The Labute approximate surface area is 115 Å². The number of carboxylic acid groups (broad SMARTS) is 1. The molecule has 2 amide bonds. The maximum Gasteiger partial charge on any atom is 0.317 e. The fourth-order valence-corrected chi connectivity index (χ4v) is 2.65. The Bertz CT molecular complexity index is 318. The average molecular weight is 270 g/mol. The SMILES string of the molecule is CCN(CC(C)C)C(=O)NC1CCCCC1C(=O)O. The average Bonchev–Trinajstić information content (AvgIpc) is 2.35. The maximum atomic E-state index is 12.2. The molecular formula is C14H26N2O3. The first-order valence-corrected chi connectivity index (χ1v) is 7.24. The zero-order valence-electron chi connectivity index (χ0n) is 12.2. The molecule has 1 saturated carbocycles. The summed E-state index contributed by atoms with van der Waals surface area (Å²) < 4.78 is 0. The van der Waals surface area contributed by atoms with Crippen molar-refractivity contribution in [2.45, 2.75) is 52.5 Å². The predicted molar refractivity (Wildman–Crippen MR) is 74.0 cm³/mol. The molecule has 0 aliphatic heterocycles. The van der Waals surface area contributed by atoms with Crippen molar-refractivity contribution in [2.24, 2.45) is 11.8 Å². The number of carbonyl (C=O) groups is 2. The Balaban J connectivity index is 2.59. The van der Waals surface area contributed by atoms with Crippen LogP contribution in [0.2, 0.25) is 0 Å². The van der Waals surface area contributed by atoms with Crippen molar-refractivity contribution < 1.29 is 14.7 Å². The minimum atomic E-state index is -0.795. The van der Waals surface area contributed by atoms with Crippen molar-refractivity contribution in [3.8, 4) is 0 Å². The Morgan fingerprint density at radius 1 is 1.32 bits per heavy atom. The molecule has 0 radical (unpaired) electrons. The van der Waals surface area contributed by atoms with Crippen LogP contribution >= 0.6 is 0 Å². The normalized spacial score (nSPS) is 23.2. The lowest BCUT2D eigenvalue weighted by Crippen LogP contribution is -2.50. The zero-order chi connectivity index (χ0) is 14.4. The van der Waals surface area contributed by atoms with E-state index in [1.54, 1.807) is 4.90 Å². The molecule has 1 aliphatic rings. The summed E-state index contributed by atoms with van der Waals surface area (Å²) in [7, 11) is 0. The fraction of sp³-hybridized carbons (Fsp3) is 0.857. The summed E-state index contributed by atoms with van der Waals surface area (Å²) in [5.74, 6) is -0.820. The molecular weight excluding hydrogens is 244 g/mol. The van der Waals surface area contributed by atoms with Gasteiger partial charge < -0.3 is 15.3 Å². The molecule has 0 bridgehead atoms. The van der Waals surface area contributed by atoms with Crippen LogP contribution in [0.3, 0.4) is 0 Å². The van der Waals surface area contributed by atoms with Crippen molar-refractivity contribution in [1.29, 1.82) is 0 Å². The molecule has 0 heterocycles. The molecule has 0 aromatic rings. The molecule has 2 atom stereocenters. The van der Waals surface area contributed by atoms with E-state index in [4.69, 9.17) is 0 Å². The third-order valence-corrected chi connectivity index (χ3v) is 3.65. The zero-order valence-corrected chi connectivity index (χ0v) is 12.2. The summed E-state index contributed by atoms with van der Waals surface area (Å²) >= 11 is 0. The Kier molecular flexibility index (Phi) is 6.12. The van der Waals surface area contributed by atoms with Gasteiger partial charge in [0.1, 0.15) is 0 Å². The number of hydrogen-bond acceptors (Lipinski definition) is 2. The van der Waals surface area contributed by atoms with Gasteiger partial charge >= 0.3 is 12.0 Å². The van der Waals surface area contributed by atoms with E-state index in [1.807, 2.05) is 6.92 Å². The predicted octanol–water partition coefficient (Wildman–Crippen LogP) is 2.32. The van der Waals surface area contributed by atoms with Crippen LogP contribution in [-0.4, -0.2) is 41.1 Å². The minimum absolute atomic E-state index is 0.130. The van der Waals surface area contributed by atoms with Crippen molar-refractivity contribution in [3.05, 3.63) is 0 Å². The number of aliphatic carboxylic acids is 1. The summed E-state index contributed by atoms with van der Waals surface area (Å²) in [4.78, 5) is 25.1. The highest BCUT2D eigenvalue weighted by Crippen LogP contribution is 2.24. The van der Waals surface area contributed by atoms with Crippen LogP contribution in [0.1, 0.15) is 46.5 Å². The summed E-state index contributed by atoms with van der Waals surface area (Å²) in [6.07, 6.45) is 3.36. The Morgan fingerprint density at radius 3 is 2.47 bits per heavy atom. The molecule has 1 fully saturated rings. The van der Waals surface area contributed by atoms with Crippen molar-refractivity contribution in [3.63, 3.8) is 0 Å². The van der Waals surface area contributed by atoms with Gasteiger partial charge in [-0.2, -0.15) is 0 Å². The molecule has 5 heteroatoms. The molecule has 0 spiro atoms. The summed E-state index contributed by atoms with van der Waals surface area (Å²) in [5, 5.41) is 12.1. The quantitative estimate of drug-likeness (QED) is 0.805. The van der Waals surface area contributed by atoms with E-state index in [0.717, 1.165) is 19.3 Å². The van der Waals surface area contributed by atoms with Gasteiger partial charge in [-0.15, -0.1) is 0 Å². The lowest BCUT2D eigenvalue weighted by Gasteiger charge is -2.32. The third-order valence-electron chi connectivity index (χ3n) is 3.65. The van der Waals surface area contributed by atoms with E-state index in [0.29, 0.717) is 25.4 Å². The highest BCUT2D eigenvalue weighted by molar-refractivity contribution is 5.77. The molecule has 0 aromatic heterocycles. The molecule has 110 valence electrons. The van der Waals surface area contributed by atoms with Crippen LogP contribution in [0.25, 0.3) is 0 Å². The number of nitrogens with one attached hydrogen (secondary N) is 1. The number of hydrogen-bond donors (Lipinski definition) is 2. The largest absolute Gasteiger partial charge is 0.481 e. The first-order chi connectivity index (χ1) is 8.95. The van der Waals surface area contributed by atoms with Crippen LogP contribution in [0.15, 0.2) is 0 Å². The van der Waals surface area contributed by atoms with E-state index in [1.165, 1.54) is 0 Å². The fourth-order valence-electron chi connectivity index (χ4n) is 2.65. The Hall–Kier alpha value is -1.26. The number of carbonyl (C=O) groups excluding carboxylic acids is 1.